The normalized spacial score (nSPS) is 30.1. The molecule has 8 heteroatoms. The molecule has 3 aliphatic rings. The standard InChI is InChI=1S/C22H34N4O3S/c1-20(2,3)18-16-17(15-13-30-14-23-15)24-29-22(16,25-10-7-8-11-25)9-12-26(18)19(27)28-21(4,5)6/h13-14,16,18H,7-12H2,1-6H3. The van der Waals surface area contributed by atoms with E-state index in [0.29, 0.717) is 13.0 Å². The molecule has 3 atom stereocenters. The van der Waals surface area contributed by atoms with E-state index in [-0.39, 0.29) is 23.5 Å². The minimum atomic E-state index is -0.541. The lowest BCUT2D eigenvalue weighted by Crippen LogP contribution is -2.69. The third kappa shape index (κ3) is 3.73. The Bertz CT molecular complexity index is 805. The van der Waals surface area contributed by atoms with Crippen molar-refractivity contribution in [2.24, 2.45) is 16.5 Å². The molecule has 0 aliphatic carbocycles. The van der Waals surface area contributed by atoms with Gasteiger partial charge in [-0.1, -0.05) is 25.9 Å². The van der Waals surface area contributed by atoms with Crippen LogP contribution in [-0.2, 0) is 9.57 Å². The van der Waals surface area contributed by atoms with Crippen LogP contribution in [0.2, 0.25) is 0 Å². The number of rotatable bonds is 2. The molecule has 3 unspecified atom stereocenters. The van der Waals surface area contributed by atoms with Gasteiger partial charge in [-0.25, -0.2) is 9.78 Å². The maximum Gasteiger partial charge on any atom is 0.410 e. The average Bonchev–Trinajstić information content (AvgIpc) is 3.37. The maximum absolute atomic E-state index is 13.3. The van der Waals surface area contributed by atoms with Gasteiger partial charge in [0.1, 0.15) is 11.3 Å². The number of amides is 1. The number of piperidine rings is 1. The second kappa shape index (κ2) is 7.48. The van der Waals surface area contributed by atoms with E-state index in [4.69, 9.17) is 9.57 Å². The number of carbonyl (C=O) groups excluding carboxylic acids is 1. The molecular formula is C22H34N4O3S. The summed E-state index contributed by atoms with van der Waals surface area (Å²) in [4.78, 5) is 28.5. The Hall–Kier alpha value is -1.67. The van der Waals surface area contributed by atoms with E-state index in [2.05, 4.69) is 35.8 Å². The number of carbonyl (C=O) groups is 1. The molecule has 7 nitrogen and oxygen atoms in total. The van der Waals surface area contributed by atoms with Gasteiger partial charge in [0, 0.05) is 31.4 Å². The Kier molecular flexibility index (Phi) is 5.37. The molecule has 2 saturated heterocycles. The Morgan fingerprint density at radius 3 is 2.47 bits per heavy atom. The van der Waals surface area contributed by atoms with Crippen molar-refractivity contribution in [3.8, 4) is 0 Å². The van der Waals surface area contributed by atoms with Gasteiger partial charge in [0.05, 0.1) is 23.2 Å². The van der Waals surface area contributed by atoms with Crippen molar-refractivity contribution in [2.45, 2.75) is 78.2 Å². The smallest absolute Gasteiger partial charge is 0.410 e. The van der Waals surface area contributed by atoms with Crippen LogP contribution in [-0.4, -0.2) is 63.6 Å². The highest BCUT2D eigenvalue weighted by Crippen LogP contribution is 2.50. The molecule has 4 heterocycles. The minimum Gasteiger partial charge on any atom is -0.444 e. The number of thiazole rings is 1. The first-order chi connectivity index (χ1) is 14.0. The van der Waals surface area contributed by atoms with Gasteiger partial charge in [-0.3, -0.25) is 4.90 Å². The van der Waals surface area contributed by atoms with Crippen LogP contribution in [0.25, 0.3) is 0 Å². The van der Waals surface area contributed by atoms with Crippen LogP contribution >= 0.6 is 11.3 Å². The second-order valence-corrected chi connectivity index (χ2v) is 11.4. The van der Waals surface area contributed by atoms with E-state index >= 15 is 0 Å². The highest BCUT2D eigenvalue weighted by Gasteiger charge is 2.63. The number of likely N-dealkylation sites (tertiary alicyclic amines) is 2. The van der Waals surface area contributed by atoms with E-state index in [0.717, 1.165) is 24.5 Å². The van der Waals surface area contributed by atoms with Crippen molar-refractivity contribution in [3.05, 3.63) is 16.6 Å². The summed E-state index contributed by atoms with van der Waals surface area (Å²) in [6.45, 7) is 14.9. The topological polar surface area (TPSA) is 67.3 Å². The van der Waals surface area contributed by atoms with Crippen LogP contribution in [0.4, 0.5) is 4.79 Å². The maximum atomic E-state index is 13.3. The van der Waals surface area contributed by atoms with Crippen molar-refractivity contribution in [3.63, 3.8) is 0 Å². The first kappa shape index (κ1) is 21.6. The molecule has 0 spiro atoms. The summed E-state index contributed by atoms with van der Waals surface area (Å²) in [5.41, 5.74) is 2.28. The number of oxime groups is 1. The lowest BCUT2D eigenvalue weighted by atomic mass is 9.68. The minimum absolute atomic E-state index is 0.0843. The zero-order valence-electron chi connectivity index (χ0n) is 19.0. The quantitative estimate of drug-likeness (QED) is 0.693. The predicted octanol–water partition coefficient (Wildman–Crippen LogP) is 4.34. The molecule has 3 aliphatic heterocycles. The van der Waals surface area contributed by atoms with Gasteiger partial charge in [0.15, 0.2) is 0 Å². The Morgan fingerprint density at radius 2 is 1.90 bits per heavy atom. The van der Waals surface area contributed by atoms with E-state index in [1.165, 1.54) is 12.8 Å². The summed E-state index contributed by atoms with van der Waals surface area (Å²) in [6.07, 6.45) is 2.78. The number of hydrogen-bond acceptors (Lipinski definition) is 7. The van der Waals surface area contributed by atoms with Crippen LogP contribution in [0.3, 0.4) is 0 Å². The van der Waals surface area contributed by atoms with E-state index in [1.54, 1.807) is 11.3 Å². The van der Waals surface area contributed by atoms with Crippen LogP contribution < -0.4 is 0 Å². The van der Waals surface area contributed by atoms with Gasteiger partial charge >= 0.3 is 6.09 Å². The zero-order valence-corrected chi connectivity index (χ0v) is 19.8. The summed E-state index contributed by atoms with van der Waals surface area (Å²) in [7, 11) is 0. The fourth-order valence-corrected chi connectivity index (χ4v) is 5.74. The van der Waals surface area contributed by atoms with Crippen LogP contribution in [0.1, 0.15) is 66.5 Å². The number of hydrogen-bond donors (Lipinski definition) is 0. The lowest BCUT2D eigenvalue weighted by molar-refractivity contribution is -0.196. The molecule has 1 aromatic heterocycles. The molecule has 30 heavy (non-hydrogen) atoms. The van der Waals surface area contributed by atoms with E-state index in [1.807, 2.05) is 36.6 Å². The molecule has 1 amide bonds. The number of ether oxygens (including phenoxy) is 1. The Morgan fingerprint density at radius 1 is 1.20 bits per heavy atom. The molecule has 0 aromatic carbocycles. The van der Waals surface area contributed by atoms with Crippen molar-refractivity contribution >= 4 is 23.1 Å². The molecule has 4 rings (SSSR count). The highest BCUT2D eigenvalue weighted by molar-refractivity contribution is 7.07. The van der Waals surface area contributed by atoms with Gasteiger partial charge in [0.25, 0.3) is 0 Å². The highest BCUT2D eigenvalue weighted by atomic mass is 32.1. The zero-order chi connectivity index (χ0) is 21.7. The molecule has 0 saturated carbocycles. The summed E-state index contributed by atoms with van der Waals surface area (Å²) in [5, 5.41) is 6.63. The van der Waals surface area contributed by atoms with Crippen molar-refractivity contribution in [1.82, 2.24) is 14.8 Å². The number of fused-ring (bicyclic) bond motifs is 1. The average molecular weight is 435 g/mol. The molecule has 1 aromatic rings. The third-order valence-corrected chi connectivity index (χ3v) is 6.88. The van der Waals surface area contributed by atoms with Gasteiger partial charge < -0.3 is 14.5 Å². The van der Waals surface area contributed by atoms with Gasteiger partial charge in [-0.2, -0.15) is 0 Å². The Balaban J connectivity index is 1.78. The predicted molar refractivity (Wildman–Crippen MR) is 118 cm³/mol. The van der Waals surface area contributed by atoms with Gasteiger partial charge in [-0.15, -0.1) is 11.3 Å². The summed E-state index contributed by atoms with van der Waals surface area (Å²) in [6, 6.07) is -0.121. The fraction of sp³-hybridized carbons (Fsp3) is 0.773. The first-order valence-electron chi connectivity index (χ1n) is 10.9. The van der Waals surface area contributed by atoms with E-state index in [9.17, 15) is 4.79 Å². The molecule has 166 valence electrons. The number of aromatic nitrogens is 1. The molecule has 2 fully saturated rings. The molecule has 0 N–H and O–H groups in total. The molecule has 0 radical (unpaired) electrons. The van der Waals surface area contributed by atoms with E-state index < -0.39 is 11.3 Å². The van der Waals surface area contributed by atoms with Crippen molar-refractivity contribution in [2.75, 3.05) is 19.6 Å². The van der Waals surface area contributed by atoms with Crippen molar-refractivity contribution in [1.29, 1.82) is 0 Å². The van der Waals surface area contributed by atoms with Crippen LogP contribution in [0.15, 0.2) is 16.0 Å². The molecular weight excluding hydrogens is 400 g/mol. The van der Waals surface area contributed by atoms with Crippen LogP contribution in [0, 0.1) is 11.3 Å². The SMILES string of the molecule is CC(C)(C)OC(=O)N1CCC2(N3CCCC3)ON=C(c3cscn3)C2C1C(C)(C)C. The second-order valence-electron chi connectivity index (χ2n) is 10.7. The first-order valence-corrected chi connectivity index (χ1v) is 11.9. The Labute approximate surface area is 183 Å². The fourth-order valence-electron chi connectivity index (χ4n) is 5.20. The lowest BCUT2D eigenvalue weighted by Gasteiger charge is -2.54. The number of nitrogens with zero attached hydrogens (tertiary/aromatic N) is 4. The third-order valence-electron chi connectivity index (χ3n) is 6.30. The van der Waals surface area contributed by atoms with Crippen LogP contribution in [0.5, 0.6) is 0 Å². The molecule has 0 bridgehead atoms. The monoisotopic (exact) mass is 434 g/mol. The summed E-state index contributed by atoms with van der Waals surface area (Å²) in [5.74, 6) is -0.0843. The van der Waals surface area contributed by atoms with Gasteiger partial charge in [-0.05, 0) is 39.0 Å². The largest absolute Gasteiger partial charge is 0.444 e. The van der Waals surface area contributed by atoms with Crippen molar-refractivity contribution < 1.29 is 14.4 Å². The summed E-state index contributed by atoms with van der Waals surface area (Å²) < 4.78 is 5.81. The van der Waals surface area contributed by atoms with Gasteiger partial charge in [0.2, 0.25) is 5.72 Å². The summed E-state index contributed by atoms with van der Waals surface area (Å²) >= 11 is 1.55.